The lowest BCUT2D eigenvalue weighted by atomic mass is 10.0. The highest BCUT2D eigenvalue weighted by atomic mass is 79.9. The zero-order chi connectivity index (χ0) is 13.9. The number of ether oxygens (including phenoxy) is 1. The third kappa shape index (κ3) is 2.90. The molecule has 1 rings (SSSR count). The van der Waals surface area contributed by atoms with Gasteiger partial charge in [0.1, 0.15) is 5.75 Å². The van der Waals surface area contributed by atoms with Gasteiger partial charge >= 0.3 is 6.18 Å². The molecule has 0 spiro atoms. The van der Waals surface area contributed by atoms with E-state index in [2.05, 4.69) is 15.9 Å². The Hall–Kier alpha value is -1.37. The summed E-state index contributed by atoms with van der Waals surface area (Å²) in [6.45, 7) is 0. The van der Waals surface area contributed by atoms with Gasteiger partial charge in [0.05, 0.1) is 29.1 Å². The maximum Gasteiger partial charge on any atom is 0.416 e. The summed E-state index contributed by atoms with van der Waals surface area (Å²) in [4.78, 5) is 22.3. The van der Waals surface area contributed by atoms with Crippen LogP contribution in [-0.2, 0) is 6.18 Å². The molecule has 0 unspecified atom stereocenters. The van der Waals surface area contributed by atoms with Gasteiger partial charge in [-0.3, -0.25) is 9.59 Å². The van der Waals surface area contributed by atoms with Crippen molar-refractivity contribution in [2.45, 2.75) is 6.18 Å². The van der Waals surface area contributed by atoms with Crippen molar-refractivity contribution in [1.82, 2.24) is 0 Å². The number of rotatable bonds is 4. The molecule has 0 aliphatic carbocycles. The van der Waals surface area contributed by atoms with Crippen LogP contribution in [0.4, 0.5) is 13.2 Å². The van der Waals surface area contributed by atoms with Gasteiger partial charge in [-0.25, -0.2) is 0 Å². The molecule has 0 saturated heterocycles. The predicted molar refractivity (Wildman–Crippen MR) is 61.5 cm³/mol. The van der Waals surface area contributed by atoms with Crippen molar-refractivity contribution in [2.75, 3.05) is 12.4 Å². The van der Waals surface area contributed by atoms with Crippen molar-refractivity contribution < 1.29 is 27.5 Å². The first-order valence-corrected chi connectivity index (χ1v) is 5.80. The van der Waals surface area contributed by atoms with Crippen LogP contribution in [0.5, 0.6) is 5.75 Å². The summed E-state index contributed by atoms with van der Waals surface area (Å²) in [5.74, 6) is -0.747. The summed E-state index contributed by atoms with van der Waals surface area (Å²) in [6, 6.07) is 1.33. The predicted octanol–water partition coefficient (Wildman–Crippen LogP) is 3.10. The van der Waals surface area contributed by atoms with E-state index in [1.165, 1.54) is 7.11 Å². The van der Waals surface area contributed by atoms with Gasteiger partial charge in [-0.05, 0) is 12.1 Å². The number of methoxy groups -OCH3 is 1. The van der Waals surface area contributed by atoms with Crippen LogP contribution in [0.15, 0.2) is 12.1 Å². The lowest BCUT2D eigenvalue weighted by molar-refractivity contribution is -0.137. The molecule has 1 aromatic carbocycles. The highest BCUT2D eigenvalue weighted by molar-refractivity contribution is 9.09. The molecule has 0 N–H and O–H groups in total. The van der Waals surface area contributed by atoms with Gasteiger partial charge < -0.3 is 4.74 Å². The van der Waals surface area contributed by atoms with Crippen LogP contribution in [0.1, 0.15) is 26.3 Å². The highest BCUT2D eigenvalue weighted by Crippen LogP contribution is 2.34. The number of carbonyl (C=O) groups excluding carboxylic acids is 2. The first-order chi connectivity index (χ1) is 8.35. The van der Waals surface area contributed by atoms with Crippen molar-refractivity contribution in [2.24, 2.45) is 0 Å². The Bertz CT molecular complexity index is 483. The van der Waals surface area contributed by atoms with E-state index < -0.39 is 17.5 Å². The largest absolute Gasteiger partial charge is 0.495 e. The minimum atomic E-state index is -4.63. The van der Waals surface area contributed by atoms with Crippen LogP contribution < -0.4 is 4.74 Å². The Balaban J connectivity index is 3.55. The van der Waals surface area contributed by atoms with Gasteiger partial charge in [0.25, 0.3) is 0 Å². The maximum absolute atomic E-state index is 12.6. The second kappa shape index (κ2) is 5.51. The second-order valence-electron chi connectivity index (χ2n) is 3.32. The van der Waals surface area contributed by atoms with E-state index >= 15 is 0 Å². The van der Waals surface area contributed by atoms with Gasteiger partial charge in [-0.1, -0.05) is 15.9 Å². The minimum absolute atomic E-state index is 0.151. The van der Waals surface area contributed by atoms with Crippen molar-refractivity contribution >= 4 is 28.0 Å². The average Bonchev–Trinajstić information content (AvgIpc) is 2.34. The average molecular weight is 325 g/mol. The van der Waals surface area contributed by atoms with Crippen LogP contribution in [0.2, 0.25) is 0 Å². The lowest BCUT2D eigenvalue weighted by Gasteiger charge is -2.13. The van der Waals surface area contributed by atoms with Crippen LogP contribution in [0.3, 0.4) is 0 Å². The van der Waals surface area contributed by atoms with E-state index in [1.54, 1.807) is 0 Å². The fraction of sp³-hybridized carbons (Fsp3) is 0.273. The molecule has 0 bridgehead atoms. The zero-order valence-electron chi connectivity index (χ0n) is 9.18. The van der Waals surface area contributed by atoms with E-state index in [0.29, 0.717) is 12.1 Å². The number of halogens is 4. The fourth-order valence-corrected chi connectivity index (χ4v) is 1.71. The second-order valence-corrected chi connectivity index (χ2v) is 3.88. The summed E-state index contributed by atoms with van der Waals surface area (Å²) in [6.07, 6.45) is -4.41. The summed E-state index contributed by atoms with van der Waals surface area (Å²) < 4.78 is 42.6. The van der Waals surface area contributed by atoms with Crippen LogP contribution in [0, 0.1) is 0 Å². The molecule has 0 aromatic heterocycles. The van der Waals surface area contributed by atoms with E-state index in [4.69, 9.17) is 4.74 Å². The number of benzene rings is 1. The molecule has 0 amide bonds. The summed E-state index contributed by atoms with van der Waals surface area (Å²) in [7, 11) is 1.18. The van der Waals surface area contributed by atoms with Gasteiger partial charge in [0.15, 0.2) is 12.1 Å². The van der Waals surface area contributed by atoms with Crippen LogP contribution in [0.25, 0.3) is 0 Å². The fourth-order valence-electron chi connectivity index (χ4n) is 1.41. The Morgan fingerprint density at radius 1 is 1.44 bits per heavy atom. The van der Waals surface area contributed by atoms with Gasteiger partial charge in [-0.15, -0.1) is 0 Å². The number of alkyl halides is 4. The van der Waals surface area contributed by atoms with E-state index in [0.717, 1.165) is 0 Å². The first-order valence-electron chi connectivity index (χ1n) is 4.68. The van der Waals surface area contributed by atoms with E-state index in [-0.39, 0.29) is 28.5 Å². The summed E-state index contributed by atoms with van der Waals surface area (Å²) in [5.41, 5.74) is -1.64. The monoisotopic (exact) mass is 324 g/mol. The summed E-state index contributed by atoms with van der Waals surface area (Å²) >= 11 is 2.86. The van der Waals surface area contributed by atoms with Crippen molar-refractivity contribution in [1.29, 1.82) is 0 Å². The third-order valence-electron chi connectivity index (χ3n) is 2.20. The number of hydrogen-bond acceptors (Lipinski definition) is 3. The quantitative estimate of drug-likeness (QED) is 0.485. The SMILES string of the molecule is COc1c(C=O)cc(C(F)(F)F)cc1C(=O)CBr. The Kier molecular flexibility index (Phi) is 4.50. The van der Waals surface area contributed by atoms with E-state index in [1.807, 2.05) is 0 Å². The van der Waals surface area contributed by atoms with Gasteiger partial charge in [0.2, 0.25) is 0 Å². The normalized spacial score (nSPS) is 11.2. The first kappa shape index (κ1) is 14.7. The van der Waals surface area contributed by atoms with Crippen molar-refractivity contribution in [3.05, 3.63) is 28.8 Å². The molecule has 0 saturated carbocycles. The molecular formula is C11H8BrF3O3. The molecule has 98 valence electrons. The van der Waals surface area contributed by atoms with Crippen molar-refractivity contribution in [3.63, 3.8) is 0 Å². The number of carbonyl (C=O) groups is 2. The number of hydrogen-bond donors (Lipinski definition) is 0. The van der Waals surface area contributed by atoms with Crippen LogP contribution >= 0.6 is 15.9 Å². The molecule has 3 nitrogen and oxygen atoms in total. The number of ketones is 1. The Morgan fingerprint density at radius 2 is 2.06 bits per heavy atom. The molecule has 0 fully saturated rings. The smallest absolute Gasteiger partial charge is 0.416 e. The molecule has 0 atom stereocenters. The molecule has 0 radical (unpaired) electrons. The van der Waals surface area contributed by atoms with Crippen molar-refractivity contribution in [3.8, 4) is 5.75 Å². The molecule has 0 aliphatic rings. The van der Waals surface area contributed by atoms with Crippen LogP contribution in [-0.4, -0.2) is 24.5 Å². The molecule has 0 aliphatic heterocycles. The molecule has 7 heteroatoms. The lowest BCUT2D eigenvalue weighted by Crippen LogP contribution is -2.11. The third-order valence-corrected chi connectivity index (χ3v) is 2.71. The topological polar surface area (TPSA) is 43.4 Å². The minimum Gasteiger partial charge on any atom is -0.495 e. The molecular weight excluding hydrogens is 317 g/mol. The molecule has 0 heterocycles. The summed E-state index contributed by atoms with van der Waals surface area (Å²) in [5, 5.41) is -0.164. The van der Waals surface area contributed by atoms with Gasteiger partial charge in [-0.2, -0.15) is 13.2 Å². The molecule has 1 aromatic rings. The van der Waals surface area contributed by atoms with Gasteiger partial charge in [0, 0.05) is 0 Å². The van der Waals surface area contributed by atoms with E-state index in [9.17, 15) is 22.8 Å². The maximum atomic E-state index is 12.6. The zero-order valence-corrected chi connectivity index (χ0v) is 10.8. The number of aldehydes is 1. The Morgan fingerprint density at radius 3 is 2.44 bits per heavy atom. The highest BCUT2D eigenvalue weighted by Gasteiger charge is 2.33. The standard InChI is InChI=1S/C11H8BrF3O3/c1-18-10-6(5-16)2-7(11(13,14)15)3-8(10)9(17)4-12/h2-3,5H,4H2,1H3. The Labute approximate surface area is 109 Å². The number of Topliss-reactive ketones (excluding diaryl/α,β-unsaturated/α-hetero) is 1. The molecule has 18 heavy (non-hydrogen) atoms.